The van der Waals surface area contributed by atoms with Crippen molar-refractivity contribution in [2.75, 3.05) is 26.7 Å². The number of hydrogen-bond acceptors (Lipinski definition) is 3. The molecule has 6 nitrogen and oxygen atoms in total. The van der Waals surface area contributed by atoms with Crippen molar-refractivity contribution >= 4 is 17.6 Å². The van der Waals surface area contributed by atoms with E-state index in [2.05, 4.69) is 34.6 Å². The molecule has 0 aliphatic rings. The van der Waals surface area contributed by atoms with Crippen LogP contribution in [0.5, 0.6) is 5.75 Å². The van der Waals surface area contributed by atoms with Crippen LogP contribution in [0.4, 0.5) is 0 Å². The fourth-order valence-corrected chi connectivity index (χ4v) is 2.81. The summed E-state index contributed by atoms with van der Waals surface area (Å²) in [5.41, 5.74) is 1.09. The van der Waals surface area contributed by atoms with E-state index in [9.17, 15) is 0 Å². The summed E-state index contributed by atoms with van der Waals surface area (Å²) in [5, 5.41) is 11.6. The van der Waals surface area contributed by atoms with Crippen LogP contribution in [0.15, 0.2) is 41.7 Å². The van der Waals surface area contributed by atoms with Crippen molar-refractivity contribution in [3.8, 4) is 5.75 Å². The maximum Gasteiger partial charge on any atom is 0.191 e. The lowest BCUT2D eigenvalue weighted by atomic mass is 10.1. The molecular formula is C19H28ClN5O. The second kappa shape index (κ2) is 10.7. The Balaban J connectivity index is 1.83. The Morgan fingerprint density at radius 3 is 2.88 bits per heavy atom. The van der Waals surface area contributed by atoms with Crippen LogP contribution in [0.1, 0.15) is 19.4 Å². The molecule has 0 saturated carbocycles. The van der Waals surface area contributed by atoms with Gasteiger partial charge in [-0.2, -0.15) is 5.10 Å². The van der Waals surface area contributed by atoms with Gasteiger partial charge < -0.3 is 15.4 Å². The highest BCUT2D eigenvalue weighted by atomic mass is 35.5. The van der Waals surface area contributed by atoms with E-state index in [1.807, 2.05) is 35.1 Å². The van der Waals surface area contributed by atoms with Gasteiger partial charge in [0.1, 0.15) is 5.75 Å². The monoisotopic (exact) mass is 377 g/mol. The topological polar surface area (TPSA) is 63.5 Å². The van der Waals surface area contributed by atoms with Crippen molar-refractivity contribution in [1.29, 1.82) is 0 Å². The summed E-state index contributed by atoms with van der Waals surface area (Å²) < 4.78 is 7.12. The van der Waals surface area contributed by atoms with Crippen molar-refractivity contribution in [3.05, 3.63) is 47.2 Å². The summed E-state index contributed by atoms with van der Waals surface area (Å²) in [6, 6.07) is 7.70. The van der Waals surface area contributed by atoms with Gasteiger partial charge in [0.15, 0.2) is 5.96 Å². The fourth-order valence-electron chi connectivity index (χ4n) is 2.55. The Morgan fingerprint density at radius 2 is 2.23 bits per heavy atom. The van der Waals surface area contributed by atoms with Gasteiger partial charge in [-0.05, 0) is 43.0 Å². The molecule has 1 unspecified atom stereocenters. The third-order valence-corrected chi connectivity index (χ3v) is 4.26. The lowest BCUT2D eigenvalue weighted by molar-refractivity contribution is 0.414. The van der Waals surface area contributed by atoms with Crippen LogP contribution >= 0.6 is 11.6 Å². The number of aromatic nitrogens is 2. The molecule has 0 bridgehead atoms. The van der Waals surface area contributed by atoms with Gasteiger partial charge in [-0.3, -0.25) is 9.67 Å². The van der Waals surface area contributed by atoms with Gasteiger partial charge in [0, 0.05) is 43.6 Å². The summed E-state index contributed by atoms with van der Waals surface area (Å²) >= 11 is 6.29. The van der Waals surface area contributed by atoms with Crippen molar-refractivity contribution in [2.45, 2.75) is 26.8 Å². The number of methoxy groups -OCH3 is 1. The molecule has 0 radical (unpaired) electrons. The summed E-state index contributed by atoms with van der Waals surface area (Å²) in [7, 11) is 1.64. The Bertz CT molecular complexity index is 687. The quantitative estimate of drug-likeness (QED) is 0.521. The van der Waals surface area contributed by atoms with Crippen LogP contribution in [0.3, 0.4) is 0 Å². The molecule has 2 N–H and O–H groups in total. The molecule has 0 spiro atoms. The van der Waals surface area contributed by atoms with Crippen LogP contribution in [0.25, 0.3) is 0 Å². The first-order valence-corrected chi connectivity index (χ1v) is 9.32. The van der Waals surface area contributed by atoms with E-state index in [-0.39, 0.29) is 0 Å². The average molecular weight is 378 g/mol. The van der Waals surface area contributed by atoms with E-state index in [0.29, 0.717) is 5.92 Å². The first-order valence-electron chi connectivity index (χ1n) is 8.94. The number of halogens is 1. The molecule has 0 aliphatic carbocycles. The highest BCUT2D eigenvalue weighted by Gasteiger charge is 2.06. The van der Waals surface area contributed by atoms with Crippen molar-refractivity contribution < 1.29 is 4.74 Å². The summed E-state index contributed by atoms with van der Waals surface area (Å²) in [5.74, 6) is 2.00. The first-order chi connectivity index (χ1) is 12.6. The molecule has 142 valence electrons. The molecular weight excluding hydrogens is 350 g/mol. The number of aliphatic imine (C=N–C) groups is 1. The molecule has 0 amide bonds. The minimum absolute atomic E-state index is 0.404. The van der Waals surface area contributed by atoms with E-state index in [1.165, 1.54) is 0 Å². The third kappa shape index (κ3) is 6.59. The number of hydrogen-bond donors (Lipinski definition) is 2. The van der Waals surface area contributed by atoms with E-state index >= 15 is 0 Å². The fraction of sp³-hybridized carbons (Fsp3) is 0.474. The van der Waals surface area contributed by atoms with Crippen LogP contribution < -0.4 is 15.4 Å². The third-order valence-electron chi connectivity index (χ3n) is 3.91. The van der Waals surface area contributed by atoms with Crippen LogP contribution in [-0.2, 0) is 13.0 Å². The van der Waals surface area contributed by atoms with E-state index in [1.54, 1.807) is 13.3 Å². The minimum Gasteiger partial charge on any atom is -0.497 e. The summed E-state index contributed by atoms with van der Waals surface area (Å²) in [4.78, 5) is 4.68. The van der Waals surface area contributed by atoms with E-state index in [4.69, 9.17) is 16.3 Å². The highest BCUT2D eigenvalue weighted by Crippen LogP contribution is 2.22. The standard InChI is InChI=1S/C19H28ClN5O/c1-4-21-19(23-13-15(2)14-25-11-5-9-24-25)22-10-8-16-6-7-17(26-3)12-18(16)20/h5-7,9,11-12,15H,4,8,10,13-14H2,1-3H3,(H2,21,22,23). The number of benzene rings is 1. The zero-order valence-electron chi connectivity index (χ0n) is 15.7. The molecule has 0 fully saturated rings. The molecule has 2 rings (SSSR count). The van der Waals surface area contributed by atoms with Crippen LogP contribution in [-0.4, -0.2) is 42.5 Å². The maximum absolute atomic E-state index is 6.29. The Labute approximate surface area is 160 Å². The first kappa shape index (κ1) is 20.1. The Kier molecular flexibility index (Phi) is 8.28. The number of ether oxygens (including phenoxy) is 1. The van der Waals surface area contributed by atoms with Gasteiger partial charge in [0.2, 0.25) is 0 Å². The molecule has 1 atom stereocenters. The normalized spacial score (nSPS) is 12.7. The van der Waals surface area contributed by atoms with Crippen molar-refractivity contribution in [2.24, 2.45) is 10.9 Å². The molecule has 7 heteroatoms. The lowest BCUT2D eigenvalue weighted by Crippen LogP contribution is -2.38. The largest absolute Gasteiger partial charge is 0.497 e. The number of guanidine groups is 1. The molecule has 2 aromatic rings. The van der Waals surface area contributed by atoms with Crippen LogP contribution in [0, 0.1) is 5.92 Å². The second-order valence-corrected chi connectivity index (χ2v) is 6.59. The molecule has 1 heterocycles. The summed E-state index contributed by atoms with van der Waals surface area (Å²) in [6.45, 7) is 7.40. The smallest absolute Gasteiger partial charge is 0.191 e. The maximum atomic E-state index is 6.29. The lowest BCUT2D eigenvalue weighted by Gasteiger charge is -2.14. The van der Waals surface area contributed by atoms with Crippen LogP contribution in [0.2, 0.25) is 5.02 Å². The van der Waals surface area contributed by atoms with Crippen molar-refractivity contribution in [1.82, 2.24) is 20.4 Å². The number of rotatable bonds is 9. The highest BCUT2D eigenvalue weighted by molar-refractivity contribution is 6.31. The average Bonchev–Trinajstić information content (AvgIpc) is 3.13. The molecule has 1 aromatic heterocycles. The SMILES string of the molecule is CCNC(=NCC(C)Cn1cccn1)NCCc1ccc(OC)cc1Cl. The minimum atomic E-state index is 0.404. The molecule has 1 aromatic carbocycles. The number of nitrogens with zero attached hydrogens (tertiary/aromatic N) is 3. The van der Waals surface area contributed by atoms with Gasteiger partial charge in [-0.15, -0.1) is 0 Å². The van der Waals surface area contributed by atoms with E-state index in [0.717, 1.165) is 54.9 Å². The zero-order valence-corrected chi connectivity index (χ0v) is 16.5. The predicted octanol–water partition coefficient (Wildman–Crippen LogP) is 2.98. The van der Waals surface area contributed by atoms with Gasteiger partial charge in [0.25, 0.3) is 0 Å². The van der Waals surface area contributed by atoms with Gasteiger partial charge in [0.05, 0.1) is 7.11 Å². The Morgan fingerprint density at radius 1 is 1.38 bits per heavy atom. The summed E-state index contributed by atoms with van der Waals surface area (Å²) in [6.07, 6.45) is 4.59. The molecule has 0 aliphatic heterocycles. The van der Waals surface area contributed by atoms with Crippen molar-refractivity contribution in [3.63, 3.8) is 0 Å². The zero-order chi connectivity index (χ0) is 18.8. The molecule has 26 heavy (non-hydrogen) atoms. The van der Waals surface area contributed by atoms with Gasteiger partial charge in [-0.25, -0.2) is 0 Å². The number of nitrogens with one attached hydrogen (secondary N) is 2. The predicted molar refractivity (Wildman–Crippen MR) is 107 cm³/mol. The molecule has 0 saturated heterocycles. The van der Waals surface area contributed by atoms with E-state index < -0.39 is 0 Å². The Hall–Kier alpha value is -2.21. The van der Waals surface area contributed by atoms with Gasteiger partial charge >= 0.3 is 0 Å². The van der Waals surface area contributed by atoms with Gasteiger partial charge in [-0.1, -0.05) is 24.6 Å². The second-order valence-electron chi connectivity index (χ2n) is 6.19.